The summed E-state index contributed by atoms with van der Waals surface area (Å²) in [7, 11) is 1.78. The minimum atomic E-state index is 0.106. The van der Waals surface area contributed by atoms with E-state index in [9.17, 15) is 4.79 Å². The van der Waals surface area contributed by atoms with Crippen LogP contribution in [0.15, 0.2) is 18.6 Å². The lowest BCUT2D eigenvalue weighted by Gasteiger charge is -2.23. The molecule has 1 aliphatic rings. The molecule has 0 aromatic carbocycles. The van der Waals surface area contributed by atoms with Crippen LogP contribution in [0.5, 0.6) is 0 Å². The third-order valence-electron chi connectivity index (χ3n) is 2.83. The molecule has 1 saturated heterocycles. The number of aromatic nitrogens is 2. The predicted molar refractivity (Wildman–Crippen MR) is 59.6 cm³/mol. The first-order valence-corrected chi connectivity index (χ1v) is 5.53. The van der Waals surface area contributed by atoms with Crippen LogP contribution in [0.25, 0.3) is 0 Å². The molecule has 0 bridgehead atoms. The molecule has 2 rings (SSSR count). The van der Waals surface area contributed by atoms with Crippen molar-refractivity contribution in [3.05, 3.63) is 24.3 Å². The second-order valence-electron chi connectivity index (χ2n) is 3.91. The molecule has 5 nitrogen and oxygen atoms in total. The van der Waals surface area contributed by atoms with Crippen LogP contribution in [0.1, 0.15) is 24.6 Å². The lowest BCUT2D eigenvalue weighted by molar-refractivity contribution is -0.131. The van der Waals surface area contributed by atoms with Crippen molar-refractivity contribution in [2.45, 2.75) is 18.9 Å². The highest BCUT2D eigenvalue weighted by molar-refractivity contribution is 5.79. The monoisotopic (exact) mass is 220 g/mol. The molecule has 1 aromatic rings. The van der Waals surface area contributed by atoms with Gasteiger partial charge in [-0.1, -0.05) is 0 Å². The molecule has 86 valence electrons. The van der Waals surface area contributed by atoms with Crippen LogP contribution in [0.3, 0.4) is 0 Å². The van der Waals surface area contributed by atoms with Gasteiger partial charge >= 0.3 is 0 Å². The summed E-state index contributed by atoms with van der Waals surface area (Å²) in [5.74, 6) is 0.135. The van der Waals surface area contributed by atoms with Crippen molar-refractivity contribution in [1.29, 1.82) is 0 Å². The molecule has 0 aliphatic carbocycles. The Balaban J connectivity index is 2.12. The maximum Gasteiger partial charge on any atom is 0.237 e. The van der Waals surface area contributed by atoms with Gasteiger partial charge in [-0.15, -0.1) is 0 Å². The van der Waals surface area contributed by atoms with Gasteiger partial charge < -0.3 is 10.2 Å². The Hall–Kier alpha value is -1.49. The van der Waals surface area contributed by atoms with Crippen LogP contribution >= 0.6 is 0 Å². The smallest absolute Gasteiger partial charge is 0.237 e. The molecule has 16 heavy (non-hydrogen) atoms. The van der Waals surface area contributed by atoms with Gasteiger partial charge in [-0.2, -0.15) is 0 Å². The molecule has 1 unspecified atom stereocenters. The zero-order valence-corrected chi connectivity index (χ0v) is 9.39. The van der Waals surface area contributed by atoms with Gasteiger partial charge in [0.1, 0.15) is 0 Å². The molecule has 1 N–H and O–H groups in total. The third kappa shape index (κ3) is 2.19. The summed E-state index contributed by atoms with van der Waals surface area (Å²) in [6.45, 7) is 1.21. The molecular weight excluding hydrogens is 204 g/mol. The number of hydrogen-bond donors (Lipinski definition) is 1. The minimum absolute atomic E-state index is 0.106. The molecule has 0 spiro atoms. The molecule has 1 amide bonds. The van der Waals surface area contributed by atoms with Crippen LogP contribution in [-0.2, 0) is 4.79 Å². The fourth-order valence-electron chi connectivity index (χ4n) is 2.11. The van der Waals surface area contributed by atoms with Crippen molar-refractivity contribution in [3.63, 3.8) is 0 Å². The number of carbonyl (C=O) groups is 1. The normalized spacial score (nSPS) is 20.1. The summed E-state index contributed by atoms with van der Waals surface area (Å²) in [6, 6.07) is 0.106. The van der Waals surface area contributed by atoms with Crippen LogP contribution in [-0.4, -0.2) is 40.9 Å². The minimum Gasteiger partial charge on any atom is -0.333 e. The van der Waals surface area contributed by atoms with E-state index in [4.69, 9.17) is 0 Å². The summed E-state index contributed by atoms with van der Waals surface area (Å²) >= 11 is 0. The summed E-state index contributed by atoms with van der Waals surface area (Å²) in [5, 5.41) is 2.89. The predicted octanol–water partition coefficient (Wildman–Crippen LogP) is 0.359. The molecule has 5 heteroatoms. The fourth-order valence-corrected chi connectivity index (χ4v) is 2.11. The topological polar surface area (TPSA) is 58.1 Å². The number of nitrogens with one attached hydrogen (secondary N) is 1. The van der Waals surface area contributed by atoms with Gasteiger partial charge in [-0.25, -0.2) is 0 Å². The van der Waals surface area contributed by atoms with Crippen molar-refractivity contribution in [3.8, 4) is 0 Å². The average molecular weight is 220 g/mol. The van der Waals surface area contributed by atoms with Gasteiger partial charge in [0.25, 0.3) is 0 Å². The van der Waals surface area contributed by atoms with Crippen LogP contribution in [0.2, 0.25) is 0 Å². The van der Waals surface area contributed by atoms with E-state index in [0.717, 1.165) is 25.1 Å². The van der Waals surface area contributed by atoms with Crippen molar-refractivity contribution >= 4 is 5.91 Å². The van der Waals surface area contributed by atoms with Crippen LogP contribution in [0.4, 0.5) is 0 Å². The van der Waals surface area contributed by atoms with Crippen LogP contribution < -0.4 is 5.32 Å². The Morgan fingerprint density at radius 1 is 1.62 bits per heavy atom. The number of carbonyl (C=O) groups excluding carboxylic acids is 1. The Kier molecular flexibility index (Phi) is 3.46. The first kappa shape index (κ1) is 11.0. The molecular formula is C11H16N4O. The van der Waals surface area contributed by atoms with Crippen molar-refractivity contribution < 1.29 is 4.79 Å². The second-order valence-corrected chi connectivity index (χ2v) is 3.91. The fraction of sp³-hybridized carbons (Fsp3) is 0.545. The van der Waals surface area contributed by atoms with E-state index in [1.54, 1.807) is 25.6 Å². The Morgan fingerprint density at radius 3 is 3.19 bits per heavy atom. The van der Waals surface area contributed by atoms with Gasteiger partial charge in [-0.05, 0) is 19.9 Å². The zero-order chi connectivity index (χ0) is 11.4. The molecule has 0 radical (unpaired) electrons. The number of rotatable bonds is 3. The number of likely N-dealkylation sites (tertiary alicyclic amines) is 1. The summed E-state index contributed by atoms with van der Waals surface area (Å²) in [6.07, 6.45) is 7.09. The van der Waals surface area contributed by atoms with Gasteiger partial charge in [0.2, 0.25) is 5.91 Å². The largest absolute Gasteiger partial charge is 0.333 e. The lowest BCUT2D eigenvalue weighted by Crippen LogP contribution is -2.36. The molecule has 1 aromatic heterocycles. The highest BCUT2D eigenvalue weighted by Crippen LogP contribution is 2.29. The van der Waals surface area contributed by atoms with Gasteiger partial charge in [-0.3, -0.25) is 14.8 Å². The SMILES string of the molecule is CNCC(=O)N1CCCC1c1cnccn1. The van der Waals surface area contributed by atoms with Crippen molar-refractivity contribution in [1.82, 2.24) is 20.2 Å². The van der Waals surface area contributed by atoms with Gasteiger partial charge in [0.15, 0.2) is 0 Å². The van der Waals surface area contributed by atoms with E-state index in [2.05, 4.69) is 15.3 Å². The Labute approximate surface area is 94.9 Å². The first-order valence-electron chi connectivity index (χ1n) is 5.53. The van der Waals surface area contributed by atoms with Crippen molar-refractivity contribution in [2.24, 2.45) is 0 Å². The average Bonchev–Trinajstić information content (AvgIpc) is 2.79. The van der Waals surface area contributed by atoms with E-state index >= 15 is 0 Å². The standard InChI is InChI=1S/C11H16N4O/c1-12-8-11(16)15-6-2-3-10(15)9-7-13-4-5-14-9/h4-5,7,10,12H,2-3,6,8H2,1H3. The highest BCUT2D eigenvalue weighted by Gasteiger charge is 2.30. The van der Waals surface area contributed by atoms with Crippen LogP contribution in [0, 0.1) is 0 Å². The summed E-state index contributed by atoms with van der Waals surface area (Å²) in [4.78, 5) is 22.1. The Bertz CT molecular complexity index is 354. The second kappa shape index (κ2) is 5.03. The maximum absolute atomic E-state index is 11.8. The van der Waals surface area contributed by atoms with Gasteiger partial charge in [0, 0.05) is 18.9 Å². The molecule has 1 aliphatic heterocycles. The molecule has 0 saturated carbocycles. The third-order valence-corrected chi connectivity index (χ3v) is 2.83. The number of nitrogens with zero attached hydrogens (tertiary/aromatic N) is 3. The zero-order valence-electron chi connectivity index (χ0n) is 9.39. The summed E-state index contributed by atoms with van der Waals surface area (Å²) < 4.78 is 0. The molecule has 1 atom stereocenters. The number of likely N-dealkylation sites (N-methyl/N-ethyl adjacent to an activating group) is 1. The number of amides is 1. The lowest BCUT2D eigenvalue weighted by atomic mass is 10.1. The van der Waals surface area contributed by atoms with E-state index in [0.29, 0.717) is 6.54 Å². The Morgan fingerprint density at radius 2 is 2.50 bits per heavy atom. The van der Waals surface area contributed by atoms with E-state index in [1.807, 2.05) is 4.90 Å². The summed E-state index contributed by atoms with van der Waals surface area (Å²) in [5.41, 5.74) is 0.893. The molecule has 2 heterocycles. The quantitative estimate of drug-likeness (QED) is 0.799. The van der Waals surface area contributed by atoms with Crippen molar-refractivity contribution in [2.75, 3.05) is 20.1 Å². The molecule has 1 fully saturated rings. The highest BCUT2D eigenvalue weighted by atomic mass is 16.2. The first-order chi connectivity index (χ1) is 7.83. The maximum atomic E-state index is 11.8. The van der Waals surface area contributed by atoms with Gasteiger partial charge in [0.05, 0.1) is 24.5 Å². The van der Waals surface area contributed by atoms with E-state index < -0.39 is 0 Å². The number of hydrogen-bond acceptors (Lipinski definition) is 4. The van der Waals surface area contributed by atoms with E-state index in [1.165, 1.54) is 0 Å². The van der Waals surface area contributed by atoms with E-state index in [-0.39, 0.29) is 11.9 Å².